The van der Waals surface area contributed by atoms with E-state index in [0.717, 1.165) is 5.56 Å². The van der Waals surface area contributed by atoms with Crippen LogP contribution in [0.2, 0.25) is 0 Å². The quantitative estimate of drug-likeness (QED) is 0.0865. The maximum Gasteiger partial charge on any atom is 2.00 e. The Kier molecular flexibility index (Phi) is 15.5. The Morgan fingerprint density at radius 2 is 1.14 bits per heavy atom. The van der Waals surface area contributed by atoms with E-state index in [1.165, 1.54) is 22.0 Å². The normalized spacial score (nSPS) is 18.8. The van der Waals surface area contributed by atoms with Crippen molar-refractivity contribution in [3.05, 3.63) is 133 Å². The third kappa shape index (κ3) is 15.3. The molecule has 6 rings (SSSR count). The summed E-state index contributed by atoms with van der Waals surface area (Å²) in [6, 6.07) is 32.0. The van der Waals surface area contributed by atoms with E-state index in [2.05, 4.69) is 89.9 Å². The van der Waals surface area contributed by atoms with E-state index >= 15 is 0 Å². The molecular formula is C36H32F12N2O3PPdSb. The van der Waals surface area contributed by atoms with Crippen molar-refractivity contribution in [2.45, 2.75) is 44.2 Å². The van der Waals surface area contributed by atoms with Crippen LogP contribution in [0.3, 0.4) is 0 Å². The number of nitriles is 1. The first-order chi connectivity index (χ1) is 24.7. The summed E-state index contributed by atoms with van der Waals surface area (Å²) in [4.78, 5) is 4.54. The minimum absolute atomic E-state index is 0. The SMILES string of the molecule is CC1(C)O[C@@H](C2=NCCO2)[C@H](c2ccccc2P(c2ccccc2)c2ccccc2)O1.N#Cc1cc(C(F)(F)F)cc(C(F)(F)F)c1.[CH3-].[F][Sb-]([F])([F])([F])([F])[F].[Pd+2]. The van der Waals surface area contributed by atoms with Gasteiger partial charge in [0.15, 0.2) is 11.9 Å². The smallest absolute Gasteiger partial charge is 2.00 e. The van der Waals surface area contributed by atoms with Gasteiger partial charge in [-0.1, -0.05) is 84.9 Å². The summed E-state index contributed by atoms with van der Waals surface area (Å²) >= 11 is -11.2. The Bertz CT molecular complexity index is 1910. The molecule has 2 aliphatic heterocycles. The number of ether oxygens (including phenoxy) is 3. The number of aliphatic imine (C=N–C) groups is 1. The van der Waals surface area contributed by atoms with E-state index in [9.17, 15) is 43.2 Å². The molecular weight excluding hydrogens is 996 g/mol. The number of alkyl halides is 6. The number of halogens is 12. The Morgan fingerprint density at radius 3 is 1.55 bits per heavy atom. The maximum absolute atomic E-state index is 12.2. The fraction of sp³-hybridized carbons (Fsp3) is 0.250. The summed E-state index contributed by atoms with van der Waals surface area (Å²) in [5.41, 5.74) is -2.52. The van der Waals surface area contributed by atoms with Crippen LogP contribution < -0.4 is 15.9 Å². The van der Waals surface area contributed by atoms with Gasteiger partial charge < -0.3 is 21.6 Å². The molecule has 0 amide bonds. The van der Waals surface area contributed by atoms with Gasteiger partial charge in [0, 0.05) is 0 Å². The molecule has 5 nitrogen and oxygen atoms in total. The molecule has 0 N–H and O–H groups in total. The standard InChI is InChI=1S/C26H26NO3P.C9H3F6N.CH3.6FH.Pd.Sb/c1-26(2)29-23(24(30-26)25-27-17-18-28-25)21-15-9-10-16-22(21)31(19-11-5-3-6-12-19)20-13-7-4-8-14-20;10-8(11,12)6-1-5(4-16)2-7(3-6)9(13,14)15;;;;;;;;;/h3-16,23-24H,17-18H2,1-2H3;1-3H;1H3;6*1H;;/q;;-1;;;;;;;+2;+5/p-6/t23-,24+;;;;;;;;;;/m0........../s1. The Balaban J connectivity index is 0.000000365. The Morgan fingerprint density at radius 1 is 0.714 bits per heavy atom. The van der Waals surface area contributed by atoms with Gasteiger partial charge >= 0.3 is 69.1 Å². The van der Waals surface area contributed by atoms with Crippen LogP contribution in [0.4, 0.5) is 43.2 Å². The van der Waals surface area contributed by atoms with Crippen LogP contribution in [0.15, 0.2) is 108 Å². The van der Waals surface area contributed by atoms with E-state index in [1.807, 2.05) is 13.8 Å². The first-order valence-corrected chi connectivity index (χ1v) is 22.6. The fourth-order valence-corrected chi connectivity index (χ4v) is 7.72. The first-order valence-electron chi connectivity index (χ1n) is 15.5. The average molecular weight is 1030 g/mol. The van der Waals surface area contributed by atoms with Crippen LogP contribution in [-0.4, -0.2) is 50.4 Å². The Labute approximate surface area is 332 Å². The molecule has 2 aliphatic rings. The minimum Gasteiger partial charge on any atom is 2.00 e. The fourth-order valence-electron chi connectivity index (χ4n) is 5.23. The number of nitrogens with zero attached hydrogens (tertiary/aromatic N) is 2. The largest absolute Gasteiger partial charge is 2.00 e. The molecule has 0 spiro atoms. The van der Waals surface area contributed by atoms with Gasteiger partial charge in [-0.15, -0.1) is 0 Å². The molecule has 20 heteroatoms. The summed E-state index contributed by atoms with van der Waals surface area (Å²) in [5.74, 6) is -0.0618. The summed E-state index contributed by atoms with van der Waals surface area (Å²) < 4.78 is 151. The zero-order chi connectivity index (χ0) is 40.2. The van der Waals surface area contributed by atoms with Gasteiger partial charge in [-0.3, -0.25) is 0 Å². The van der Waals surface area contributed by atoms with Crippen molar-refractivity contribution in [1.82, 2.24) is 0 Å². The van der Waals surface area contributed by atoms with Crippen molar-refractivity contribution >= 4 is 49.2 Å². The molecule has 0 bridgehead atoms. The van der Waals surface area contributed by atoms with E-state index in [1.54, 1.807) is 0 Å². The number of hydrogen-bond acceptors (Lipinski definition) is 5. The summed E-state index contributed by atoms with van der Waals surface area (Å²) in [6.45, 7) is 5.18. The van der Waals surface area contributed by atoms with E-state index in [4.69, 9.17) is 19.5 Å². The van der Waals surface area contributed by atoms with Crippen LogP contribution >= 0.6 is 7.92 Å². The molecule has 4 aromatic carbocycles. The summed E-state index contributed by atoms with van der Waals surface area (Å²) in [5, 5.41) is 12.2. The molecule has 308 valence electrons. The van der Waals surface area contributed by atoms with Crippen molar-refractivity contribution < 1.29 is 77.9 Å². The van der Waals surface area contributed by atoms with Crippen LogP contribution in [0, 0.1) is 18.8 Å². The molecule has 2 atom stereocenters. The molecule has 0 aliphatic carbocycles. The van der Waals surface area contributed by atoms with Crippen molar-refractivity contribution in [2.24, 2.45) is 4.99 Å². The number of hydrogen-bond donors (Lipinski definition) is 0. The van der Waals surface area contributed by atoms with Gasteiger partial charge in [0.2, 0.25) is 5.90 Å². The molecule has 1 saturated heterocycles. The third-order valence-electron chi connectivity index (χ3n) is 7.18. The van der Waals surface area contributed by atoms with Gasteiger partial charge in [-0.05, 0) is 61.4 Å². The van der Waals surface area contributed by atoms with E-state index < -0.39 is 62.2 Å². The molecule has 4 aromatic rings. The second-order valence-corrected chi connectivity index (χ2v) is 19.6. The van der Waals surface area contributed by atoms with Crippen molar-refractivity contribution in [3.63, 3.8) is 0 Å². The third-order valence-corrected chi connectivity index (χ3v) is 9.70. The molecule has 1 fully saturated rings. The maximum atomic E-state index is 12.2. The molecule has 0 unspecified atom stereocenters. The molecule has 0 radical (unpaired) electrons. The van der Waals surface area contributed by atoms with Crippen LogP contribution in [0.1, 0.15) is 42.2 Å². The zero-order valence-electron chi connectivity index (χ0n) is 29.2. The second kappa shape index (κ2) is 17.8. The summed E-state index contributed by atoms with van der Waals surface area (Å²) in [6.07, 6.45) is -10.4. The molecule has 0 saturated carbocycles. The van der Waals surface area contributed by atoms with Crippen LogP contribution in [0.25, 0.3) is 0 Å². The van der Waals surface area contributed by atoms with Crippen LogP contribution in [-0.2, 0) is 47.0 Å². The van der Waals surface area contributed by atoms with Crippen molar-refractivity contribution in [3.8, 4) is 6.07 Å². The average Bonchev–Trinajstić information content (AvgIpc) is 3.72. The topological polar surface area (TPSA) is 63.8 Å². The van der Waals surface area contributed by atoms with Crippen LogP contribution in [0.5, 0.6) is 0 Å². The van der Waals surface area contributed by atoms with Crippen molar-refractivity contribution in [1.29, 1.82) is 5.26 Å². The zero-order valence-corrected chi connectivity index (χ0v) is 34.3. The number of benzene rings is 4. The van der Waals surface area contributed by atoms with E-state index in [0.29, 0.717) is 31.2 Å². The first kappa shape index (κ1) is 49.0. The molecule has 2 heterocycles. The van der Waals surface area contributed by atoms with Gasteiger partial charge in [0.25, 0.3) is 0 Å². The minimum atomic E-state index is -11.2. The molecule has 56 heavy (non-hydrogen) atoms. The molecule has 0 aromatic heterocycles. The van der Waals surface area contributed by atoms with Gasteiger partial charge in [-0.25, -0.2) is 4.99 Å². The Hall–Kier alpha value is -3.17. The van der Waals surface area contributed by atoms with Gasteiger partial charge in [-0.2, -0.15) is 31.6 Å². The summed E-state index contributed by atoms with van der Waals surface area (Å²) in [7, 11) is -0.761. The van der Waals surface area contributed by atoms with Gasteiger partial charge in [0.1, 0.15) is 12.7 Å². The number of rotatable bonds is 5. The predicted octanol–water partition coefficient (Wildman–Crippen LogP) is 10.3. The monoisotopic (exact) mass is 1030 g/mol. The van der Waals surface area contributed by atoms with Gasteiger partial charge in [0.05, 0.1) is 29.3 Å². The van der Waals surface area contributed by atoms with Crippen molar-refractivity contribution in [2.75, 3.05) is 13.2 Å². The predicted molar refractivity (Wildman–Crippen MR) is 186 cm³/mol. The second-order valence-electron chi connectivity index (χ2n) is 12.0. The van der Waals surface area contributed by atoms with E-state index in [-0.39, 0.29) is 46.1 Å².